The van der Waals surface area contributed by atoms with Crippen LogP contribution >= 0.6 is 11.6 Å². The molecule has 0 unspecified atom stereocenters. The largest absolute Gasteiger partial charge is 0.368 e. The van der Waals surface area contributed by atoms with Crippen molar-refractivity contribution in [3.8, 4) is 0 Å². The summed E-state index contributed by atoms with van der Waals surface area (Å²) in [5.74, 6) is 0.465. The summed E-state index contributed by atoms with van der Waals surface area (Å²) in [6.07, 6.45) is 0. The van der Waals surface area contributed by atoms with Gasteiger partial charge in [0.2, 0.25) is 17.4 Å². The lowest BCUT2D eigenvalue weighted by molar-refractivity contribution is 1.22. The second-order valence-corrected chi connectivity index (χ2v) is 2.76. The first-order chi connectivity index (χ1) is 6.20. The molecule has 2 aromatic rings. The van der Waals surface area contributed by atoms with E-state index >= 15 is 0 Å². The van der Waals surface area contributed by atoms with Gasteiger partial charge in [-0.2, -0.15) is 4.98 Å². The number of anilines is 1. The Balaban J connectivity index is 2.84. The Bertz CT molecular complexity index is 509. The van der Waals surface area contributed by atoms with Crippen LogP contribution in [0.15, 0.2) is 6.07 Å². The minimum absolute atomic E-state index is 0.0934. The first kappa shape index (κ1) is 7.83. The second-order valence-electron chi connectivity index (χ2n) is 2.40. The van der Waals surface area contributed by atoms with Crippen molar-refractivity contribution in [1.29, 1.82) is 0 Å². The topological polar surface area (TPSA) is 71.9 Å². The summed E-state index contributed by atoms with van der Waals surface area (Å²) >= 11 is 5.78. The molecular weight excluding hydrogens is 190 g/mol. The van der Waals surface area contributed by atoms with Gasteiger partial charge in [-0.3, -0.25) is 4.98 Å². The van der Waals surface area contributed by atoms with Crippen molar-refractivity contribution in [3.05, 3.63) is 22.6 Å². The second kappa shape index (κ2) is 2.61. The lowest BCUT2D eigenvalue weighted by Crippen LogP contribution is -1.94. The van der Waals surface area contributed by atoms with Gasteiger partial charge in [0.1, 0.15) is 5.15 Å². The van der Waals surface area contributed by atoms with E-state index in [9.17, 15) is 0 Å². The molecule has 3 N–H and O–H groups in total. The number of nitrogens with zero attached hydrogens (tertiary/aromatic N) is 3. The fraction of sp³-hybridized carbons (Fsp3) is 0. The number of H-pyrrole nitrogens is 1. The van der Waals surface area contributed by atoms with Crippen molar-refractivity contribution in [3.63, 3.8) is 0 Å². The Morgan fingerprint density at radius 1 is 1.54 bits per heavy atom. The zero-order chi connectivity index (χ0) is 9.42. The van der Waals surface area contributed by atoms with E-state index in [2.05, 4.69) is 19.8 Å². The molecule has 0 bridgehead atoms. The van der Waals surface area contributed by atoms with Crippen molar-refractivity contribution in [2.24, 2.45) is 0 Å². The van der Waals surface area contributed by atoms with Gasteiger partial charge in [-0.25, -0.2) is 4.98 Å². The van der Waals surface area contributed by atoms with Crippen LogP contribution in [0.25, 0.3) is 15.9 Å². The molecule has 0 aliphatic carbocycles. The molecule has 0 fully saturated rings. The van der Waals surface area contributed by atoms with E-state index < -0.39 is 0 Å². The minimum Gasteiger partial charge on any atom is -0.368 e. The third-order valence-corrected chi connectivity index (χ3v) is 1.85. The lowest BCUT2D eigenvalue weighted by atomic mass is 10.4. The highest BCUT2D eigenvalue weighted by atomic mass is 35.5. The van der Waals surface area contributed by atoms with Crippen LogP contribution in [0.2, 0.25) is 5.15 Å². The number of hydrogen-bond donors (Lipinski definition) is 2. The number of aromatic amines is 1. The monoisotopic (exact) mass is 193 g/mol. The SMILES string of the molecule is [C-]#[N+]c1cc2c(Cl)nc(N)nc2[nH]1. The molecule has 2 aromatic heterocycles. The van der Waals surface area contributed by atoms with Crippen LogP contribution in [0.1, 0.15) is 0 Å². The molecule has 64 valence electrons. The smallest absolute Gasteiger partial charge is 0.230 e. The van der Waals surface area contributed by atoms with E-state index in [0.717, 1.165) is 0 Å². The number of nitrogens with two attached hydrogens (primary N) is 1. The molecule has 0 aromatic carbocycles. The summed E-state index contributed by atoms with van der Waals surface area (Å²) in [6.45, 7) is 6.77. The fourth-order valence-corrected chi connectivity index (χ4v) is 1.27. The number of rotatable bonds is 0. The van der Waals surface area contributed by atoms with Gasteiger partial charge in [0.05, 0.1) is 5.39 Å². The number of hydrogen-bond acceptors (Lipinski definition) is 3. The molecule has 0 atom stereocenters. The van der Waals surface area contributed by atoms with E-state index in [1.165, 1.54) is 0 Å². The first-order valence-electron chi connectivity index (χ1n) is 3.40. The van der Waals surface area contributed by atoms with Crippen molar-refractivity contribution in [1.82, 2.24) is 15.0 Å². The van der Waals surface area contributed by atoms with Gasteiger partial charge < -0.3 is 10.6 Å². The highest BCUT2D eigenvalue weighted by molar-refractivity contribution is 6.34. The average Bonchev–Trinajstić information content (AvgIpc) is 2.47. The zero-order valence-electron chi connectivity index (χ0n) is 6.37. The molecule has 0 aliphatic heterocycles. The van der Waals surface area contributed by atoms with E-state index in [0.29, 0.717) is 16.9 Å². The summed E-state index contributed by atoms with van der Waals surface area (Å²) in [5, 5.41) is 0.871. The van der Waals surface area contributed by atoms with Gasteiger partial charge >= 0.3 is 0 Å². The van der Waals surface area contributed by atoms with Crippen LogP contribution in [0.5, 0.6) is 0 Å². The predicted molar refractivity (Wildman–Crippen MR) is 49.6 cm³/mol. The zero-order valence-corrected chi connectivity index (χ0v) is 7.13. The number of aromatic nitrogens is 3. The molecule has 0 spiro atoms. The van der Waals surface area contributed by atoms with E-state index in [1.54, 1.807) is 6.07 Å². The van der Waals surface area contributed by atoms with Crippen molar-refractivity contribution < 1.29 is 0 Å². The Morgan fingerprint density at radius 2 is 2.31 bits per heavy atom. The molecule has 2 rings (SSSR count). The third-order valence-electron chi connectivity index (χ3n) is 1.56. The molecule has 0 saturated carbocycles. The normalized spacial score (nSPS) is 10.2. The molecule has 0 amide bonds. The fourth-order valence-electron chi connectivity index (χ4n) is 1.04. The Morgan fingerprint density at radius 3 is 3.00 bits per heavy atom. The summed E-state index contributed by atoms with van der Waals surface area (Å²) in [6, 6.07) is 1.59. The van der Waals surface area contributed by atoms with E-state index in [4.69, 9.17) is 23.9 Å². The Hall–Kier alpha value is -1.80. The molecular formula is C7H4ClN5. The van der Waals surface area contributed by atoms with Gasteiger partial charge in [0.15, 0.2) is 0 Å². The van der Waals surface area contributed by atoms with Crippen molar-refractivity contribution >= 4 is 34.4 Å². The molecule has 5 nitrogen and oxygen atoms in total. The average molecular weight is 194 g/mol. The van der Waals surface area contributed by atoms with Crippen LogP contribution in [-0.4, -0.2) is 15.0 Å². The van der Waals surface area contributed by atoms with Crippen LogP contribution in [-0.2, 0) is 0 Å². The molecule has 0 aliphatic rings. The molecule has 13 heavy (non-hydrogen) atoms. The maximum absolute atomic E-state index is 6.77. The van der Waals surface area contributed by atoms with Crippen LogP contribution < -0.4 is 5.73 Å². The van der Waals surface area contributed by atoms with Crippen molar-refractivity contribution in [2.45, 2.75) is 0 Å². The Labute approximate surface area is 78.4 Å². The third kappa shape index (κ3) is 1.17. The maximum Gasteiger partial charge on any atom is 0.230 e. The molecule has 0 radical (unpaired) electrons. The predicted octanol–water partition coefficient (Wildman–Crippen LogP) is 1.74. The van der Waals surface area contributed by atoms with E-state index in [1.807, 2.05) is 0 Å². The summed E-state index contributed by atoms with van der Waals surface area (Å²) < 4.78 is 0. The minimum atomic E-state index is 0.0934. The first-order valence-corrected chi connectivity index (χ1v) is 3.77. The van der Waals surface area contributed by atoms with Crippen molar-refractivity contribution in [2.75, 3.05) is 5.73 Å². The van der Waals surface area contributed by atoms with Gasteiger partial charge in [-0.05, 0) is 6.07 Å². The number of halogens is 1. The number of nitrogen functional groups attached to an aromatic ring is 1. The number of nitrogens with one attached hydrogen (secondary N) is 1. The number of fused-ring (bicyclic) bond motifs is 1. The van der Waals surface area contributed by atoms with Gasteiger partial charge in [-0.15, -0.1) is 0 Å². The van der Waals surface area contributed by atoms with Gasteiger partial charge in [-0.1, -0.05) is 18.2 Å². The summed E-state index contributed by atoms with van der Waals surface area (Å²) in [7, 11) is 0. The molecule has 2 heterocycles. The van der Waals surface area contributed by atoms with E-state index in [-0.39, 0.29) is 11.1 Å². The Kier molecular flexibility index (Phi) is 1.57. The van der Waals surface area contributed by atoms with Crippen LogP contribution in [0, 0.1) is 6.57 Å². The molecule has 6 heteroatoms. The van der Waals surface area contributed by atoms with Gasteiger partial charge in [0.25, 0.3) is 0 Å². The van der Waals surface area contributed by atoms with Gasteiger partial charge in [0, 0.05) is 0 Å². The van der Waals surface area contributed by atoms with Crippen LogP contribution in [0.4, 0.5) is 11.8 Å². The van der Waals surface area contributed by atoms with Crippen LogP contribution in [0.3, 0.4) is 0 Å². The standard InChI is InChI=1S/C7H4ClN5/c1-10-4-2-3-5(8)12-7(9)13-6(3)11-4/h2H,(H3,9,11,12,13). The maximum atomic E-state index is 6.77. The lowest BCUT2D eigenvalue weighted by Gasteiger charge is -1.92. The molecule has 0 saturated heterocycles. The summed E-state index contributed by atoms with van der Waals surface area (Å²) in [4.78, 5) is 13.6. The highest BCUT2D eigenvalue weighted by Gasteiger charge is 2.08. The highest BCUT2D eigenvalue weighted by Crippen LogP contribution is 2.25. The quantitative estimate of drug-likeness (QED) is 0.495. The summed E-state index contributed by atoms with van der Waals surface area (Å²) in [5.41, 5.74) is 5.86.